The highest BCUT2D eigenvalue weighted by atomic mass is 19.4. The molecule has 0 saturated heterocycles. The molecule has 2 N–H and O–H groups in total. The van der Waals surface area contributed by atoms with Crippen molar-refractivity contribution in [1.82, 2.24) is 5.32 Å². The molecule has 112 valence electrons. The van der Waals surface area contributed by atoms with Crippen LogP contribution in [0.1, 0.15) is 22.8 Å². The number of hydrogen-bond donors (Lipinski definition) is 2. The molecule has 0 bridgehead atoms. The molecule has 0 aliphatic carbocycles. The highest BCUT2D eigenvalue weighted by Gasteiger charge is 2.29. The third-order valence-corrected chi connectivity index (χ3v) is 3.13. The first-order chi connectivity index (χ1) is 9.97. The van der Waals surface area contributed by atoms with E-state index in [9.17, 15) is 18.3 Å². The zero-order valence-corrected chi connectivity index (χ0v) is 11.3. The molecule has 1 atom stereocenters. The van der Waals surface area contributed by atoms with Gasteiger partial charge in [0.15, 0.2) is 0 Å². The molecule has 0 aliphatic heterocycles. The summed E-state index contributed by atoms with van der Waals surface area (Å²) in [6, 6.07) is 14.2. The minimum absolute atomic E-state index is 0.338. The van der Waals surface area contributed by atoms with Gasteiger partial charge >= 0.3 is 6.18 Å². The van der Waals surface area contributed by atoms with Crippen LogP contribution in [0.2, 0.25) is 0 Å². The minimum atomic E-state index is -4.31. The van der Waals surface area contributed by atoms with Crippen LogP contribution in [0.25, 0.3) is 0 Å². The van der Waals surface area contributed by atoms with Crippen molar-refractivity contribution in [3.8, 4) is 0 Å². The zero-order valence-electron chi connectivity index (χ0n) is 11.3. The summed E-state index contributed by atoms with van der Waals surface area (Å²) in [5.74, 6) is 0. The molecule has 0 spiro atoms. The highest BCUT2D eigenvalue weighted by Crippen LogP contribution is 2.29. The monoisotopic (exact) mass is 295 g/mol. The van der Waals surface area contributed by atoms with Gasteiger partial charge in [-0.1, -0.05) is 42.5 Å². The van der Waals surface area contributed by atoms with Gasteiger partial charge in [-0.15, -0.1) is 0 Å². The summed E-state index contributed by atoms with van der Waals surface area (Å²) < 4.78 is 37.2. The third-order valence-electron chi connectivity index (χ3n) is 3.13. The lowest BCUT2D eigenvalue weighted by molar-refractivity contribution is -0.137. The standard InChI is InChI=1S/C16H16F3NO/c17-16(18,19)14-8-6-12(7-9-14)10-20-11-15(21)13-4-2-1-3-5-13/h1-9,15,20-21H,10-11H2. The number of aliphatic hydroxyl groups is 1. The topological polar surface area (TPSA) is 32.3 Å². The van der Waals surface area contributed by atoms with Crippen LogP contribution in [0.4, 0.5) is 13.2 Å². The molecule has 2 rings (SSSR count). The van der Waals surface area contributed by atoms with Crippen molar-refractivity contribution < 1.29 is 18.3 Å². The first kappa shape index (κ1) is 15.5. The van der Waals surface area contributed by atoms with Gasteiger partial charge in [0.2, 0.25) is 0 Å². The summed E-state index contributed by atoms with van der Waals surface area (Å²) >= 11 is 0. The second kappa shape index (κ2) is 6.74. The van der Waals surface area contributed by atoms with Crippen molar-refractivity contribution in [3.05, 3.63) is 71.3 Å². The second-order valence-corrected chi connectivity index (χ2v) is 4.75. The number of halogens is 3. The fourth-order valence-corrected chi connectivity index (χ4v) is 1.96. The van der Waals surface area contributed by atoms with Crippen LogP contribution in [0, 0.1) is 0 Å². The van der Waals surface area contributed by atoms with Crippen LogP contribution < -0.4 is 5.32 Å². The maximum atomic E-state index is 12.4. The van der Waals surface area contributed by atoms with Gasteiger partial charge in [0.1, 0.15) is 0 Å². The number of hydrogen-bond acceptors (Lipinski definition) is 2. The minimum Gasteiger partial charge on any atom is -0.387 e. The number of benzene rings is 2. The van der Waals surface area contributed by atoms with Crippen molar-refractivity contribution in [2.24, 2.45) is 0 Å². The van der Waals surface area contributed by atoms with Gasteiger partial charge in [-0.05, 0) is 23.3 Å². The van der Waals surface area contributed by atoms with Crippen LogP contribution >= 0.6 is 0 Å². The molecule has 2 aromatic rings. The predicted octanol–water partition coefficient (Wildman–Crippen LogP) is 3.53. The molecule has 5 heteroatoms. The first-order valence-electron chi connectivity index (χ1n) is 6.56. The summed E-state index contributed by atoms with van der Waals surface area (Å²) in [6.45, 7) is 0.743. The molecule has 0 fully saturated rings. The molecule has 0 radical (unpaired) electrons. The number of alkyl halides is 3. The van der Waals surface area contributed by atoms with Gasteiger partial charge in [0.25, 0.3) is 0 Å². The fraction of sp³-hybridized carbons (Fsp3) is 0.250. The van der Waals surface area contributed by atoms with E-state index in [2.05, 4.69) is 5.32 Å². The summed E-state index contributed by atoms with van der Waals surface area (Å²) in [7, 11) is 0. The van der Waals surface area contributed by atoms with E-state index in [4.69, 9.17) is 0 Å². The maximum Gasteiger partial charge on any atom is 0.416 e. The largest absolute Gasteiger partial charge is 0.416 e. The van der Waals surface area contributed by atoms with Crippen molar-refractivity contribution in [3.63, 3.8) is 0 Å². The van der Waals surface area contributed by atoms with E-state index in [0.717, 1.165) is 23.3 Å². The average Bonchev–Trinajstić information content (AvgIpc) is 2.47. The first-order valence-corrected chi connectivity index (χ1v) is 6.56. The van der Waals surface area contributed by atoms with Crippen LogP contribution in [-0.2, 0) is 12.7 Å². The average molecular weight is 295 g/mol. The number of nitrogens with one attached hydrogen (secondary N) is 1. The maximum absolute atomic E-state index is 12.4. The Hall–Kier alpha value is -1.85. The van der Waals surface area contributed by atoms with Gasteiger partial charge in [0, 0.05) is 13.1 Å². The van der Waals surface area contributed by atoms with Gasteiger partial charge in [-0.2, -0.15) is 13.2 Å². The Labute approximate surface area is 121 Å². The SMILES string of the molecule is OC(CNCc1ccc(C(F)(F)F)cc1)c1ccccc1. The second-order valence-electron chi connectivity index (χ2n) is 4.75. The van der Waals surface area contributed by atoms with E-state index in [1.165, 1.54) is 12.1 Å². The third kappa shape index (κ3) is 4.58. The van der Waals surface area contributed by atoms with Gasteiger partial charge in [-0.25, -0.2) is 0 Å². The van der Waals surface area contributed by atoms with Crippen molar-refractivity contribution in [1.29, 1.82) is 0 Å². The summed E-state index contributed by atoms with van der Waals surface area (Å²) in [5, 5.41) is 13.0. The van der Waals surface area contributed by atoms with E-state index in [-0.39, 0.29) is 0 Å². The summed E-state index contributed by atoms with van der Waals surface area (Å²) in [5.41, 5.74) is 0.885. The lowest BCUT2D eigenvalue weighted by Gasteiger charge is -2.12. The Morgan fingerprint density at radius 3 is 2.14 bits per heavy atom. The normalized spacial score (nSPS) is 13.1. The summed E-state index contributed by atoms with van der Waals surface area (Å²) in [6.07, 6.45) is -4.95. The van der Waals surface area contributed by atoms with Gasteiger partial charge < -0.3 is 10.4 Å². The predicted molar refractivity (Wildman–Crippen MR) is 74.6 cm³/mol. The van der Waals surface area contributed by atoms with E-state index in [0.29, 0.717) is 13.1 Å². The summed E-state index contributed by atoms with van der Waals surface area (Å²) in [4.78, 5) is 0. The Balaban J connectivity index is 1.84. The van der Waals surface area contributed by atoms with E-state index < -0.39 is 17.8 Å². The number of rotatable bonds is 5. The Bertz CT molecular complexity index is 552. The van der Waals surface area contributed by atoms with Crippen LogP contribution in [-0.4, -0.2) is 11.7 Å². The fourth-order valence-electron chi connectivity index (χ4n) is 1.96. The van der Waals surface area contributed by atoms with E-state index in [1.807, 2.05) is 30.3 Å². The molecule has 21 heavy (non-hydrogen) atoms. The molecular formula is C16H16F3NO. The van der Waals surface area contributed by atoms with Crippen LogP contribution in [0.5, 0.6) is 0 Å². The molecule has 2 nitrogen and oxygen atoms in total. The van der Waals surface area contributed by atoms with Crippen molar-refractivity contribution in [2.45, 2.75) is 18.8 Å². The van der Waals surface area contributed by atoms with Crippen molar-refractivity contribution in [2.75, 3.05) is 6.54 Å². The Morgan fingerprint density at radius 2 is 1.57 bits per heavy atom. The number of aliphatic hydroxyl groups excluding tert-OH is 1. The van der Waals surface area contributed by atoms with Gasteiger partial charge in [0.05, 0.1) is 11.7 Å². The van der Waals surface area contributed by atoms with E-state index >= 15 is 0 Å². The molecule has 0 saturated carbocycles. The van der Waals surface area contributed by atoms with Crippen LogP contribution in [0.15, 0.2) is 54.6 Å². The Morgan fingerprint density at radius 1 is 0.952 bits per heavy atom. The quantitative estimate of drug-likeness (QED) is 0.884. The molecule has 0 aromatic heterocycles. The molecule has 0 heterocycles. The molecule has 1 unspecified atom stereocenters. The molecular weight excluding hydrogens is 279 g/mol. The highest BCUT2D eigenvalue weighted by molar-refractivity contribution is 5.24. The van der Waals surface area contributed by atoms with E-state index in [1.54, 1.807) is 0 Å². The molecule has 0 amide bonds. The van der Waals surface area contributed by atoms with Crippen molar-refractivity contribution >= 4 is 0 Å². The lowest BCUT2D eigenvalue weighted by Crippen LogP contribution is -2.21. The van der Waals surface area contributed by atoms with Gasteiger partial charge in [-0.3, -0.25) is 0 Å². The van der Waals surface area contributed by atoms with Crippen LogP contribution in [0.3, 0.4) is 0 Å². The Kier molecular flexibility index (Phi) is 4.98. The lowest BCUT2D eigenvalue weighted by atomic mass is 10.1. The molecule has 0 aliphatic rings. The smallest absolute Gasteiger partial charge is 0.387 e. The molecule has 2 aromatic carbocycles. The zero-order chi connectivity index (χ0) is 15.3.